The van der Waals surface area contributed by atoms with Crippen LogP contribution in [0.3, 0.4) is 0 Å². The van der Waals surface area contributed by atoms with Crippen LogP contribution in [0.2, 0.25) is 0 Å². The summed E-state index contributed by atoms with van der Waals surface area (Å²) in [4.78, 5) is 36.6. The Morgan fingerprint density at radius 2 is 1.65 bits per heavy atom. The minimum atomic E-state index is -1.05. The molecule has 1 heterocycles. The number of carboxylic acid groups (broad SMARTS) is 1. The highest BCUT2D eigenvalue weighted by Gasteiger charge is 2.40. The van der Waals surface area contributed by atoms with Crippen LogP contribution in [0.1, 0.15) is 35.2 Å². The van der Waals surface area contributed by atoms with Crippen molar-refractivity contribution in [1.82, 2.24) is 5.32 Å². The number of carbonyl (C=O) groups is 2. The summed E-state index contributed by atoms with van der Waals surface area (Å²) in [6.45, 7) is 0. The molecule has 0 unspecified atom stereocenters. The standard InChI is InChI=1S/C27H22N2O5/c28-25(31)18-9-12-20-21(15-18)34-24(17-5-2-1-3-6-17)22(23(20)30)16-7-10-19(11-8-16)27(13-4-14-27)29-26(32)33/h1-3,5-12,15,29H,4,13-14H2,(H2,28,31)(H,32,33). The molecule has 0 saturated heterocycles. The highest BCUT2D eigenvalue weighted by atomic mass is 16.4. The topological polar surface area (TPSA) is 123 Å². The number of hydrogen-bond acceptors (Lipinski definition) is 4. The SMILES string of the molecule is NC(=O)c1ccc2c(=O)c(-c3ccc(C4(NC(=O)O)CCC4)cc3)c(-c3ccccc3)oc2c1. The van der Waals surface area contributed by atoms with Crippen molar-refractivity contribution in [2.24, 2.45) is 5.73 Å². The van der Waals surface area contributed by atoms with E-state index in [1.54, 1.807) is 6.07 Å². The van der Waals surface area contributed by atoms with Crippen LogP contribution < -0.4 is 16.5 Å². The van der Waals surface area contributed by atoms with Crippen molar-refractivity contribution in [2.45, 2.75) is 24.8 Å². The van der Waals surface area contributed by atoms with Gasteiger partial charge in [-0.15, -0.1) is 0 Å². The first-order chi connectivity index (χ1) is 16.4. The summed E-state index contributed by atoms with van der Waals surface area (Å²) in [6.07, 6.45) is 1.35. The molecule has 5 rings (SSSR count). The molecule has 0 atom stereocenters. The van der Waals surface area contributed by atoms with Crippen molar-refractivity contribution in [1.29, 1.82) is 0 Å². The molecule has 3 aromatic carbocycles. The number of amides is 2. The Bertz CT molecular complexity index is 1470. The molecule has 1 aliphatic carbocycles. The summed E-state index contributed by atoms with van der Waals surface area (Å²) < 4.78 is 6.19. The van der Waals surface area contributed by atoms with E-state index in [0.29, 0.717) is 27.8 Å². The van der Waals surface area contributed by atoms with Crippen molar-refractivity contribution in [3.63, 3.8) is 0 Å². The van der Waals surface area contributed by atoms with Crippen molar-refractivity contribution >= 4 is 23.0 Å². The first-order valence-electron chi connectivity index (χ1n) is 11.0. The zero-order valence-corrected chi connectivity index (χ0v) is 18.2. The van der Waals surface area contributed by atoms with E-state index in [9.17, 15) is 19.5 Å². The summed E-state index contributed by atoms with van der Waals surface area (Å²) in [5.41, 5.74) is 7.74. The van der Waals surface area contributed by atoms with E-state index in [1.807, 2.05) is 54.6 Å². The number of nitrogens with one attached hydrogen (secondary N) is 1. The van der Waals surface area contributed by atoms with Gasteiger partial charge in [0.1, 0.15) is 11.3 Å². The summed E-state index contributed by atoms with van der Waals surface area (Å²) in [5, 5.41) is 12.3. The Labute approximate surface area is 194 Å². The Hall–Kier alpha value is -4.39. The fourth-order valence-electron chi connectivity index (χ4n) is 4.58. The minimum Gasteiger partial charge on any atom is -0.465 e. The van der Waals surface area contributed by atoms with Gasteiger partial charge in [-0.2, -0.15) is 0 Å². The number of nitrogens with two attached hydrogens (primary N) is 1. The maximum absolute atomic E-state index is 13.6. The smallest absolute Gasteiger partial charge is 0.405 e. The van der Waals surface area contributed by atoms with Crippen molar-refractivity contribution in [2.75, 3.05) is 0 Å². The van der Waals surface area contributed by atoms with Crippen LogP contribution in [-0.2, 0) is 5.54 Å². The van der Waals surface area contributed by atoms with Gasteiger partial charge in [-0.3, -0.25) is 9.59 Å². The molecule has 0 spiro atoms. The molecule has 0 radical (unpaired) electrons. The number of hydrogen-bond donors (Lipinski definition) is 3. The Balaban J connectivity index is 1.69. The van der Waals surface area contributed by atoms with Crippen LogP contribution in [0.25, 0.3) is 33.4 Å². The normalized spacial score (nSPS) is 14.4. The molecule has 4 aromatic rings. The van der Waals surface area contributed by atoms with Gasteiger partial charge < -0.3 is 20.6 Å². The fraction of sp³-hybridized carbons (Fsp3) is 0.148. The van der Waals surface area contributed by atoms with E-state index < -0.39 is 17.5 Å². The van der Waals surface area contributed by atoms with Gasteiger partial charge in [-0.05, 0) is 48.6 Å². The third kappa shape index (κ3) is 3.61. The zero-order chi connectivity index (χ0) is 23.9. The van der Waals surface area contributed by atoms with Gasteiger partial charge in [0.25, 0.3) is 0 Å². The molecule has 1 fully saturated rings. The highest BCUT2D eigenvalue weighted by molar-refractivity contribution is 5.97. The van der Waals surface area contributed by atoms with Crippen LogP contribution in [0.15, 0.2) is 82.0 Å². The van der Waals surface area contributed by atoms with Gasteiger partial charge in [0.15, 0.2) is 0 Å². The molecule has 7 nitrogen and oxygen atoms in total. The quantitative estimate of drug-likeness (QED) is 0.397. The molecule has 1 aliphatic rings. The maximum Gasteiger partial charge on any atom is 0.405 e. The monoisotopic (exact) mass is 454 g/mol. The Kier molecular flexibility index (Phi) is 5.17. The third-order valence-corrected chi connectivity index (χ3v) is 6.49. The molecule has 0 bridgehead atoms. The zero-order valence-electron chi connectivity index (χ0n) is 18.2. The average Bonchev–Trinajstić information content (AvgIpc) is 2.81. The van der Waals surface area contributed by atoms with Crippen LogP contribution in [-0.4, -0.2) is 17.1 Å². The van der Waals surface area contributed by atoms with Gasteiger partial charge in [-0.1, -0.05) is 54.6 Å². The van der Waals surface area contributed by atoms with E-state index in [0.717, 1.165) is 24.8 Å². The number of fused-ring (bicyclic) bond motifs is 1. The molecule has 2 amide bonds. The first-order valence-corrected chi connectivity index (χ1v) is 11.0. The Morgan fingerprint density at radius 1 is 0.941 bits per heavy atom. The summed E-state index contributed by atoms with van der Waals surface area (Å²) in [6, 6.07) is 21.2. The second-order valence-corrected chi connectivity index (χ2v) is 8.52. The summed E-state index contributed by atoms with van der Waals surface area (Å²) >= 11 is 0. The van der Waals surface area contributed by atoms with E-state index in [2.05, 4.69) is 5.32 Å². The van der Waals surface area contributed by atoms with E-state index in [-0.39, 0.29) is 16.6 Å². The van der Waals surface area contributed by atoms with Crippen LogP contribution in [0.5, 0.6) is 0 Å². The lowest BCUT2D eigenvalue weighted by molar-refractivity contribution is 0.1000. The molecule has 1 saturated carbocycles. The van der Waals surface area contributed by atoms with Gasteiger partial charge in [0, 0.05) is 11.1 Å². The number of primary amides is 1. The van der Waals surface area contributed by atoms with Crippen LogP contribution in [0, 0.1) is 0 Å². The first kappa shape index (κ1) is 21.5. The fourth-order valence-corrected chi connectivity index (χ4v) is 4.58. The van der Waals surface area contributed by atoms with Gasteiger partial charge in [0.05, 0.1) is 16.5 Å². The molecule has 7 heteroatoms. The number of rotatable bonds is 5. The van der Waals surface area contributed by atoms with Crippen molar-refractivity contribution < 1.29 is 19.1 Å². The Morgan fingerprint density at radius 3 is 2.24 bits per heavy atom. The molecule has 170 valence electrons. The summed E-state index contributed by atoms with van der Waals surface area (Å²) in [5.74, 6) is -0.222. The lowest BCUT2D eigenvalue weighted by atomic mass is 9.71. The lowest BCUT2D eigenvalue weighted by Gasteiger charge is -2.42. The molecular formula is C27H22N2O5. The van der Waals surface area contributed by atoms with E-state index >= 15 is 0 Å². The van der Waals surface area contributed by atoms with Crippen LogP contribution in [0.4, 0.5) is 4.79 Å². The maximum atomic E-state index is 13.6. The largest absolute Gasteiger partial charge is 0.465 e. The second kappa shape index (κ2) is 8.19. The van der Waals surface area contributed by atoms with E-state index in [1.165, 1.54) is 12.1 Å². The molecule has 4 N–H and O–H groups in total. The highest BCUT2D eigenvalue weighted by Crippen LogP contribution is 2.42. The van der Waals surface area contributed by atoms with Crippen molar-refractivity contribution in [3.05, 3.63) is 94.1 Å². The number of benzene rings is 3. The van der Waals surface area contributed by atoms with Gasteiger partial charge in [-0.25, -0.2) is 4.79 Å². The van der Waals surface area contributed by atoms with Gasteiger partial charge >= 0.3 is 6.09 Å². The predicted molar refractivity (Wildman–Crippen MR) is 129 cm³/mol. The molecule has 0 aliphatic heterocycles. The summed E-state index contributed by atoms with van der Waals surface area (Å²) in [7, 11) is 0. The predicted octanol–water partition coefficient (Wildman–Crippen LogP) is 4.87. The molecule has 34 heavy (non-hydrogen) atoms. The number of carbonyl (C=O) groups excluding carboxylic acids is 1. The minimum absolute atomic E-state index is 0.231. The van der Waals surface area contributed by atoms with Crippen molar-refractivity contribution in [3.8, 4) is 22.5 Å². The average molecular weight is 454 g/mol. The molecule has 1 aromatic heterocycles. The lowest BCUT2D eigenvalue weighted by Crippen LogP contribution is -2.50. The second-order valence-electron chi connectivity index (χ2n) is 8.52. The van der Waals surface area contributed by atoms with Gasteiger partial charge in [0.2, 0.25) is 11.3 Å². The molecular weight excluding hydrogens is 432 g/mol. The van der Waals surface area contributed by atoms with E-state index in [4.69, 9.17) is 10.2 Å². The van der Waals surface area contributed by atoms with Crippen LogP contribution >= 0.6 is 0 Å². The third-order valence-electron chi connectivity index (χ3n) is 6.49.